The molecule has 1 amide bonds. The molecule has 0 aliphatic carbocycles. The van der Waals surface area contributed by atoms with Crippen LogP contribution in [0, 0.1) is 16.0 Å². The SMILES string of the molecule is CSc1ccc(C(=O)N[C@@H](CC(C)C)C(=O)O)cc1[N+](=O)[O-]. The highest BCUT2D eigenvalue weighted by Crippen LogP contribution is 2.28. The van der Waals surface area contributed by atoms with Crippen molar-refractivity contribution in [2.75, 3.05) is 6.26 Å². The Morgan fingerprint density at radius 3 is 2.50 bits per heavy atom. The first-order valence-corrected chi connectivity index (χ1v) is 7.84. The zero-order valence-corrected chi connectivity index (χ0v) is 13.3. The molecule has 0 unspecified atom stereocenters. The first-order chi connectivity index (χ1) is 10.3. The van der Waals surface area contributed by atoms with Crippen LogP contribution in [-0.4, -0.2) is 34.2 Å². The fourth-order valence-corrected chi connectivity index (χ4v) is 2.46. The van der Waals surface area contributed by atoms with Crippen molar-refractivity contribution < 1.29 is 19.6 Å². The fraction of sp³-hybridized carbons (Fsp3) is 0.429. The third-order valence-electron chi connectivity index (χ3n) is 2.95. The normalized spacial score (nSPS) is 12.0. The summed E-state index contributed by atoms with van der Waals surface area (Å²) in [6.45, 7) is 3.69. The molecule has 0 saturated carbocycles. The smallest absolute Gasteiger partial charge is 0.326 e. The number of carbonyl (C=O) groups excluding carboxylic acids is 1. The van der Waals surface area contributed by atoms with Crippen molar-refractivity contribution in [2.24, 2.45) is 5.92 Å². The number of hydrogen-bond donors (Lipinski definition) is 2. The number of hydrogen-bond acceptors (Lipinski definition) is 5. The lowest BCUT2D eigenvalue weighted by atomic mass is 10.0. The van der Waals surface area contributed by atoms with Gasteiger partial charge in [0.25, 0.3) is 11.6 Å². The average Bonchev–Trinajstić information content (AvgIpc) is 2.44. The molecule has 22 heavy (non-hydrogen) atoms. The summed E-state index contributed by atoms with van der Waals surface area (Å²) in [7, 11) is 0. The van der Waals surface area contributed by atoms with Gasteiger partial charge in [-0.1, -0.05) is 13.8 Å². The molecular formula is C14H18N2O5S. The third kappa shape index (κ3) is 4.73. The predicted octanol–water partition coefficient (Wildman–Crippen LogP) is 2.55. The van der Waals surface area contributed by atoms with Crippen LogP contribution in [0.25, 0.3) is 0 Å². The van der Waals surface area contributed by atoms with Crippen LogP contribution in [-0.2, 0) is 4.79 Å². The minimum absolute atomic E-state index is 0.0690. The molecule has 1 aromatic rings. The van der Waals surface area contributed by atoms with Crippen LogP contribution in [0.4, 0.5) is 5.69 Å². The maximum Gasteiger partial charge on any atom is 0.326 e. The number of rotatable bonds is 7. The predicted molar refractivity (Wildman–Crippen MR) is 83.2 cm³/mol. The summed E-state index contributed by atoms with van der Waals surface area (Å²) in [4.78, 5) is 34.1. The van der Waals surface area contributed by atoms with Crippen molar-refractivity contribution in [2.45, 2.75) is 31.2 Å². The van der Waals surface area contributed by atoms with E-state index in [4.69, 9.17) is 5.11 Å². The number of carbonyl (C=O) groups is 2. The van der Waals surface area contributed by atoms with E-state index >= 15 is 0 Å². The van der Waals surface area contributed by atoms with E-state index in [1.54, 1.807) is 6.26 Å². The van der Waals surface area contributed by atoms with Crippen molar-refractivity contribution in [1.82, 2.24) is 5.32 Å². The molecule has 0 radical (unpaired) electrons. The highest BCUT2D eigenvalue weighted by Gasteiger charge is 2.23. The third-order valence-corrected chi connectivity index (χ3v) is 3.73. The fourth-order valence-electron chi connectivity index (χ4n) is 1.91. The maximum absolute atomic E-state index is 12.1. The number of carboxylic acids is 1. The molecule has 1 atom stereocenters. The monoisotopic (exact) mass is 326 g/mol. The van der Waals surface area contributed by atoms with Crippen molar-refractivity contribution >= 4 is 29.3 Å². The summed E-state index contributed by atoms with van der Waals surface area (Å²) in [5, 5.41) is 22.5. The van der Waals surface area contributed by atoms with Gasteiger partial charge in [0.05, 0.1) is 9.82 Å². The first kappa shape index (κ1) is 18.0. The van der Waals surface area contributed by atoms with Crippen molar-refractivity contribution in [1.29, 1.82) is 0 Å². The van der Waals surface area contributed by atoms with Crippen LogP contribution in [0.2, 0.25) is 0 Å². The Morgan fingerprint density at radius 2 is 2.05 bits per heavy atom. The Kier molecular flexibility index (Phi) is 6.36. The average molecular weight is 326 g/mol. The number of nitro benzene ring substituents is 1. The minimum Gasteiger partial charge on any atom is -0.480 e. The van der Waals surface area contributed by atoms with Gasteiger partial charge in [0, 0.05) is 11.6 Å². The van der Waals surface area contributed by atoms with Crippen LogP contribution in [0.3, 0.4) is 0 Å². The second kappa shape index (κ2) is 7.79. The molecule has 2 N–H and O–H groups in total. The van der Waals surface area contributed by atoms with Crippen LogP contribution < -0.4 is 5.32 Å². The quantitative estimate of drug-likeness (QED) is 0.453. The Bertz CT molecular complexity index is 589. The van der Waals surface area contributed by atoms with Crippen LogP contribution >= 0.6 is 11.8 Å². The van der Waals surface area contributed by atoms with Gasteiger partial charge in [-0.05, 0) is 30.7 Å². The summed E-state index contributed by atoms with van der Waals surface area (Å²) in [5.74, 6) is -1.67. The highest BCUT2D eigenvalue weighted by atomic mass is 32.2. The molecule has 1 aromatic carbocycles. The van der Waals surface area contributed by atoms with E-state index in [0.29, 0.717) is 4.90 Å². The Balaban J connectivity index is 3.00. The lowest BCUT2D eigenvalue weighted by Crippen LogP contribution is -2.41. The van der Waals surface area contributed by atoms with Crippen LogP contribution in [0.5, 0.6) is 0 Å². The number of nitro groups is 1. The van der Waals surface area contributed by atoms with E-state index in [1.165, 1.54) is 23.9 Å². The largest absolute Gasteiger partial charge is 0.480 e. The Morgan fingerprint density at radius 1 is 1.41 bits per heavy atom. The summed E-state index contributed by atoms with van der Waals surface area (Å²) < 4.78 is 0. The summed E-state index contributed by atoms with van der Waals surface area (Å²) in [5.41, 5.74) is -0.101. The molecule has 0 aromatic heterocycles. The number of amides is 1. The molecule has 0 fully saturated rings. The number of nitrogens with zero attached hydrogens (tertiary/aromatic N) is 1. The molecule has 120 valence electrons. The van der Waals surface area contributed by atoms with E-state index in [2.05, 4.69) is 5.32 Å². The summed E-state index contributed by atoms with van der Waals surface area (Å²) in [6.07, 6.45) is 1.98. The second-order valence-corrected chi connectivity index (χ2v) is 5.99. The minimum atomic E-state index is -1.13. The Hall–Kier alpha value is -2.09. The Labute approximate surface area is 132 Å². The highest BCUT2D eigenvalue weighted by molar-refractivity contribution is 7.98. The van der Waals surface area contributed by atoms with Crippen molar-refractivity contribution in [3.8, 4) is 0 Å². The number of benzene rings is 1. The standard InChI is InChI=1S/C14H18N2O5S/c1-8(2)6-10(14(18)19)15-13(17)9-4-5-12(22-3)11(7-9)16(20)21/h4-5,7-8,10H,6H2,1-3H3,(H,15,17)(H,18,19)/t10-/m0/s1. The van der Waals surface area contributed by atoms with E-state index in [1.807, 2.05) is 13.8 Å². The molecule has 0 aliphatic heterocycles. The van der Waals surface area contributed by atoms with Gasteiger partial charge in [0.1, 0.15) is 6.04 Å². The van der Waals surface area contributed by atoms with Crippen LogP contribution in [0.1, 0.15) is 30.6 Å². The molecule has 1 rings (SSSR count). The summed E-state index contributed by atoms with van der Waals surface area (Å²) >= 11 is 1.20. The van der Waals surface area contributed by atoms with Gasteiger partial charge in [-0.15, -0.1) is 11.8 Å². The zero-order chi connectivity index (χ0) is 16.9. The van der Waals surface area contributed by atoms with E-state index in [0.717, 1.165) is 6.07 Å². The second-order valence-electron chi connectivity index (χ2n) is 5.14. The van der Waals surface area contributed by atoms with Gasteiger partial charge in [0.15, 0.2) is 0 Å². The number of thioether (sulfide) groups is 1. The molecule has 8 heteroatoms. The lowest BCUT2D eigenvalue weighted by Gasteiger charge is -2.16. The first-order valence-electron chi connectivity index (χ1n) is 6.62. The molecule has 7 nitrogen and oxygen atoms in total. The van der Waals surface area contributed by atoms with E-state index < -0.39 is 22.8 Å². The topological polar surface area (TPSA) is 110 Å². The number of aliphatic carboxylic acids is 1. The lowest BCUT2D eigenvalue weighted by molar-refractivity contribution is -0.387. The number of nitrogens with one attached hydrogen (secondary N) is 1. The van der Waals surface area contributed by atoms with Crippen molar-refractivity contribution in [3.05, 3.63) is 33.9 Å². The molecule has 0 bridgehead atoms. The molecular weight excluding hydrogens is 308 g/mol. The van der Waals surface area contributed by atoms with E-state index in [9.17, 15) is 19.7 Å². The molecule has 0 heterocycles. The van der Waals surface area contributed by atoms with Gasteiger partial charge >= 0.3 is 5.97 Å². The van der Waals surface area contributed by atoms with Crippen LogP contribution in [0.15, 0.2) is 23.1 Å². The maximum atomic E-state index is 12.1. The zero-order valence-electron chi connectivity index (χ0n) is 12.5. The summed E-state index contributed by atoms with van der Waals surface area (Å²) in [6, 6.07) is 3.07. The molecule has 0 aliphatic rings. The van der Waals surface area contributed by atoms with Gasteiger partial charge in [0.2, 0.25) is 0 Å². The van der Waals surface area contributed by atoms with Gasteiger partial charge in [-0.2, -0.15) is 0 Å². The van der Waals surface area contributed by atoms with Gasteiger partial charge in [-0.3, -0.25) is 14.9 Å². The van der Waals surface area contributed by atoms with Gasteiger partial charge < -0.3 is 10.4 Å². The molecule has 0 saturated heterocycles. The van der Waals surface area contributed by atoms with E-state index in [-0.39, 0.29) is 23.6 Å². The van der Waals surface area contributed by atoms with Crippen molar-refractivity contribution in [3.63, 3.8) is 0 Å². The molecule has 0 spiro atoms. The van der Waals surface area contributed by atoms with Gasteiger partial charge in [-0.25, -0.2) is 4.79 Å². The number of carboxylic acid groups (broad SMARTS) is 1.